The fourth-order valence-electron chi connectivity index (χ4n) is 1.76. The number of furan rings is 1. The molecule has 0 aliphatic rings. The van der Waals surface area contributed by atoms with E-state index in [0.717, 1.165) is 17.7 Å². The SMILES string of the molecule is CCc1nn(C)cc1CNc1ccc(C(=O)O)o1. The molecule has 2 heterocycles. The zero-order valence-corrected chi connectivity index (χ0v) is 10.3. The van der Waals surface area contributed by atoms with Crippen molar-refractivity contribution in [2.75, 3.05) is 5.32 Å². The molecule has 0 atom stereocenters. The second kappa shape index (κ2) is 4.95. The minimum atomic E-state index is -1.07. The van der Waals surface area contributed by atoms with Gasteiger partial charge in [-0.1, -0.05) is 6.92 Å². The van der Waals surface area contributed by atoms with E-state index in [0.29, 0.717) is 12.4 Å². The first-order chi connectivity index (χ1) is 8.60. The van der Waals surface area contributed by atoms with Crippen molar-refractivity contribution >= 4 is 11.9 Å². The summed E-state index contributed by atoms with van der Waals surface area (Å²) in [6.45, 7) is 2.60. The van der Waals surface area contributed by atoms with Crippen LogP contribution in [0.5, 0.6) is 0 Å². The van der Waals surface area contributed by atoms with Gasteiger partial charge in [-0.3, -0.25) is 4.68 Å². The predicted molar refractivity (Wildman–Crippen MR) is 65.6 cm³/mol. The van der Waals surface area contributed by atoms with E-state index in [9.17, 15) is 4.79 Å². The van der Waals surface area contributed by atoms with Gasteiger partial charge in [0.15, 0.2) is 5.88 Å². The molecule has 2 aromatic rings. The molecule has 0 saturated carbocycles. The highest BCUT2D eigenvalue weighted by molar-refractivity contribution is 5.84. The maximum atomic E-state index is 10.7. The fraction of sp³-hybridized carbons (Fsp3) is 0.333. The third kappa shape index (κ3) is 2.53. The van der Waals surface area contributed by atoms with Gasteiger partial charge in [-0.05, 0) is 12.5 Å². The molecule has 0 fully saturated rings. The summed E-state index contributed by atoms with van der Waals surface area (Å²) in [4.78, 5) is 10.7. The molecular weight excluding hydrogens is 234 g/mol. The number of anilines is 1. The first-order valence-electron chi connectivity index (χ1n) is 5.68. The van der Waals surface area contributed by atoms with Crippen LogP contribution >= 0.6 is 0 Å². The van der Waals surface area contributed by atoms with Gasteiger partial charge in [-0.25, -0.2) is 4.79 Å². The molecule has 0 aliphatic carbocycles. The van der Waals surface area contributed by atoms with E-state index in [2.05, 4.69) is 10.4 Å². The number of nitrogens with one attached hydrogen (secondary N) is 1. The Bertz CT molecular complexity index is 557. The Morgan fingerprint density at radius 1 is 1.56 bits per heavy atom. The number of rotatable bonds is 5. The van der Waals surface area contributed by atoms with Crippen LogP contribution in [0, 0.1) is 0 Å². The number of carboxylic acid groups (broad SMARTS) is 1. The summed E-state index contributed by atoms with van der Waals surface area (Å²) in [5.41, 5.74) is 2.10. The van der Waals surface area contributed by atoms with Gasteiger partial charge in [0, 0.05) is 31.4 Å². The number of carboxylic acids is 1. The van der Waals surface area contributed by atoms with Crippen LogP contribution in [0.2, 0.25) is 0 Å². The van der Waals surface area contributed by atoms with E-state index in [4.69, 9.17) is 9.52 Å². The summed E-state index contributed by atoms with van der Waals surface area (Å²) in [5, 5.41) is 16.1. The minimum Gasteiger partial charge on any atom is -0.475 e. The van der Waals surface area contributed by atoms with E-state index < -0.39 is 5.97 Å². The molecule has 96 valence electrons. The van der Waals surface area contributed by atoms with Crippen molar-refractivity contribution in [3.8, 4) is 0 Å². The maximum absolute atomic E-state index is 10.7. The number of aryl methyl sites for hydroxylation is 2. The molecule has 2 N–H and O–H groups in total. The standard InChI is InChI=1S/C12H15N3O3/c1-3-9-8(7-15(2)14-9)6-13-11-5-4-10(18-11)12(16)17/h4-5,7,13H,3,6H2,1-2H3,(H,16,17). The molecule has 6 nitrogen and oxygen atoms in total. The Morgan fingerprint density at radius 2 is 2.33 bits per heavy atom. The molecule has 0 aliphatic heterocycles. The molecule has 2 rings (SSSR count). The van der Waals surface area contributed by atoms with Crippen LogP contribution in [-0.4, -0.2) is 20.9 Å². The lowest BCUT2D eigenvalue weighted by Crippen LogP contribution is -2.00. The monoisotopic (exact) mass is 249 g/mol. The third-order valence-electron chi connectivity index (χ3n) is 2.60. The molecule has 0 bridgehead atoms. The summed E-state index contributed by atoms with van der Waals surface area (Å²) < 4.78 is 6.87. The van der Waals surface area contributed by atoms with Gasteiger partial charge in [0.05, 0.1) is 5.69 Å². The van der Waals surface area contributed by atoms with Crippen molar-refractivity contribution in [1.29, 1.82) is 0 Å². The summed E-state index contributed by atoms with van der Waals surface area (Å²) in [6.07, 6.45) is 2.79. The highest BCUT2D eigenvalue weighted by Crippen LogP contribution is 2.15. The minimum absolute atomic E-state index is 0.0700. The second-order valence-corrected chi connectivity index (χ2v) is 3.95. The van der Waals surface area contributed by atoms with Crippen LogP contribution in [0.3, 0.4) is 0 Å². The van der Waals surface area contributed by atoms with Crippen molar-refractivity contribution in [3.05, 3.63) is 35.3 Å². The number of aromatic carboxylic acids is 1. The predicted octanol–water partition coefficient (Wildman–Crippen LogP) is 1.89. The largest absolute Gasteiger partial charge is 0.475 e. The lowest BCUT2D eigenvalue weighted by molar-refractivity contribution is 0.0663. The second-order valence-electron chi connectivity index (χ2n) is 3.95. The van der Waals surface area contributed by atoms with Gasteiger partial charge < -0.3 is 14.8 Å². The summed E-state index contributed by atoms with van der Waals surface area (Å²) in [6, 6.07) is 3.03. The number of hydrogen-bond donors (Lipinski definition) is 2. The molecule has 0 aromatic carbocycles. The van der Waals surface area contributed by atoms with Crippen LogP contribution in [-0.2, 0) is 20.0 Å². The van der Waals surface area contributed by atoms with Crippen molar-refractivity contribution in [3.63, 3.8) is 0 Å². The zero-order chi connectivity index (χ0) is 13.1. The highest BCUT2D eigenvalue weighted by atomic mass is 16.4. The van der Waals surface area contributed by atoms with Gasteiger partial charge in [0.25, 0.3) is 0 Å². The van der Waals surface area contributed by atoms with Gasteiger partial charge in [-0.15, -0.1) is 0 Å². The topological polar surface area (TPSA) is 80.3 Å². The van der Waals surface area contributed by atoms with Crippen molar-refractivity contribution < 1.29 is 14.3 Å². The first-order valence-corrected chi connectivity index (χ1v) is 5.68. The quantitative estimate of drug-likeness (QED) is 0.845. The smallest absolute Gasteiger partial charge is 0.371 e. The van der Waals surface area contributed by atoms with Gasteiger partial charge in [0.2, 0.25) is 5.76 Å². The zero-order valence-electron chi connectivity index (χ0n) is 10.3. The van der Waals surface area contributed by atoms with Crippen molar-refractivity contribution in [1.82, 2.24) is 9.78 Å². The molecule has 0 radical (unpaired) electrons. The number of carbonyl (C=O) groups is 1. The average Bonchev–Trinajstić information content (AvgIpc) is 2.92. The number of aromatic nitrogens is 2. The highest BCUT2D eigenvalue weighted by Gasteiger charge is 2.10. The van der Waals surface area contributed by atoms with Crippen LogP contribution in [0.25, 0.3) is 0 Å². The van der Waals surface area contributed by atoms with Crippen LogP contribution < -0.4 is 5.32 Å². The summed E-state index contributed by atoms with van der Waals surface area (Å²) in [7, 11) is 1.87. The Labute approximate surface area is 104 Å². The van der Waals surface area contributed by atoms with Gasteiger partial charge >= 0.3 is 5.97 Å². The first kappa shape index (κ1) is 12.2. The Balaban J connectivity index is 2.04. The molecule has 18 heavy (non-hydrogen) atoms. The molecule has 6 heteroatoms. The summed E-state index contributed by atoms with van der Waals surface area (Å²) >= 11 is 0. The van der Waals surface area contributed by atoms with Gasteiger partial charge in [0.1, 0.15) is 0 Å². The van der Waals surface area contributed by atoms with E-state index in [1.165, 1.54) is 6.07 Å². The van der Waals surface area contributed by atoms with E-state index in [1.54, 1.807) is 10.7 Å². The maximum Gasteiger partial charge on any atom is 0.371 e. The molecular formula is C12H15N3O3. The van der Waals surface area contributed by atoms with E-state index in [-0.39, 0.29) is 5.76 Å². The molecule has 0 amide bonds. The number of hydrogen-bond acceptors (Lipinski definition) is 4. The third-order valence-corrected chi connectivity index (χ3v) is 2.60. The van der Waals surface area contributed by atoms with E-state index >= 15 is 0 Å². The normalized spacial score (nSPS) is 10.6. The van der Waals surface area contributed by atoms with E-state index in [1.807, 2.05) is 20.2 Å². The molecule has 0 saturated heterocycles. The summed E-state index contributed by atoms with van der Waals surface area (Å²) in [5.74, 6) is -0.698. The van der Waals surface area contributed by atoms with Crippen LogP contribution in [0.4, 0.5) is 5.88 Å². The molecule has 0 unspecified atom stereocenters. The molecule has 0 spiro atoms. The lowest BCUT2D eigenvalue weighted by atomic mass is 10.2. The Morgan fingerprint density at radius 3 is 2.94 bits per heavy atom. The lowest BCUT2D eigenvalue weighted by Gasteiger charge is -2.01. The van der Waals surface area contributed by atoms with Crippen LogP contribution in [0.15, 0.2) is 22.7 Å². The van der Waals surface area contributed by atoms with Gasteiger partial charge in [-0.2, -0.15) is 5.10 Å². The fourth-order valence-corrected chi connectivity index (χ4v) is 1.76. The molecule has 2 aromatic heterocycles. The van der Waals surface area contributed by atoms with Crippen molar-refractivity contribution in [2.24, 2.45) is 7.05 Å². The Hall–Kier alpha value is -2.24. The van der Waals surface area contributed by atoms with Crippen LogP contribution in [0.1, 0.15) is 28.7 Å². The average molecular weight is 249 g/mol. The number of nitrogens with zero attached hydrogens (tertiary/aromatic N) is 2. The van der Waals surface area contributed by atoms with Crippen molar-refractivity contribution in [2.45, 2.75) is 19.9 Å². The Kier molecular flexibility index (Phi) is 3.36.